The summed E-state index contributed by atoms with van der Waals surface area (Å²) in [5.41, 5.74) is 1.19. The van der Waals surface area contributed by atoms with Gasteiger partial charge >= 0.3 is 6.18 Å². The molecule has 0 saturated heterocycles. The predicted octanol–water partition coefficient (Wildman–Crippen LogP) is 4.54. The van der Waals surface area contributed by atoms with Crippen molar-refractivity contribution in [3.8, 4) is 11.3 Å². The van der Waals surface area contributed by atoms with E-state index in [0.29, 0.717) is 15.8 Å². The monoisotopic (exact) mass is 456 g/mol. The lowest BCUT2D eigenvalue weighted by molar-refractivity contribution is -0.142. The van der Waals surface area contributed by atoms with Gasteiger partial charge in [0.1, 0.15) is 5.56 Å². The van der Waals surface area contributed by atoms with Crippen LogP contribution < -0.4 is 0 Å². The number of rotatable bonds is 5. The lowest BCUT2D eigenvalue weighted by Crippen LogP contribution is -2.26. The van der Waals surface area contributed by atoms with Crippen molar-refractivity contribution in [2.75, 3.05) is 7.05 Å². The fourth-order valence-corrected chi connectivity index (χ4v) is 3.57. The minimum Gasteiger partial charge on any atom is -0.336 e. The zero-order valence-electron chi connectivity index (χ0n) is 18.6. The van der Waals surface area contributed by atoms with Crippen molar-refractivity contribution in [2.45, 2.75) is 32.5 Å². The van der Waals surface area contributed by atoms with E-state index in [-0.39, 0.29) is 29.4 Å². The zero-order valence-corrected chi connectivity index (χ0v) is 18.6. The van der Waals surface area contributed by atoms with Gasteiger partial charge < -0.3 is 4.90 Å². The average molecular weight is 456 g/mol. The smallest absolute Gasteiger partial charge is 0.336 e. The van der Waals surface area contributed by atoms with Crippen LogP contribution in [0.5, 0.6) is 0 Å². The van der Waals surface area contributed by atoms with Crippen LogP contribution in [0.2, 0.25) is 0 Å². The number of hydrogen-bond acceptors (Lipinski definition) is 4. The molecule has 10 heteroatoms. The fourth-order valence-electron chi connectivity index (χ4n) is 3.57. The summed E-state index contributed by atoms with van der Waals surface area (Å²) < 4.78 is 43.8. The Morgan fingerprint density at radius 2 is 1.85 bits per heavy atom. The molecule has 0 saturated carbocycles. The Morgan fingerprint density at radius 1 is 1.15 bits per heavy atom. The van der Waals surface area contributed by atoms with E-state index in [4.69, 9.17) is 0 Å². The summed E-state index contributed by atoms with van der Waals surface area (Å²) >= 11 is 0. The second-order valence-electron chi connectivity index (χ2n) is 8.24. The molecule has 3 aromatic heterocycles. The van der Waals surface area contributed by atoms with Crippen LogP contribution in [0.25, 0.3) is 16.9 Å². The molecule has 4 rings (SSSR count). The number of aryl methyl sites for hydroxylation is 1. The number of benzene rings is 1. The molecule has 0 spiro atoms. The Hall–Kier alpha value is -3.69. The van der Waals surface area contributed by atoms with E-state index in [2.05, 4.69) is 15.2 Å². The number of carbonyl (C=O) groups is 1. The molecule has 0 bridgehead atoms. The summed E-state index contributed by atoms with van der Waals surface area (Å²) in [5.74, 6) is -0.211. The number of carbonyl (C=O) groups excluding carboxylic acids is 1. The highest BCUT2D eigenvalue weighted by Crippen LogP contribution is 2.33. The van der Waals surface area contributed by atoms with Crippen molar-refractivity contribution >= 4 is 11.6 Å². The lowest BCUT2D eigenvalue weighted by Gasteiger charge is -2.16. The Kier molecular flexibility index (Phi) is 5.69. The maximum atomic E-state index is 13.8. The lowest BCUT2D eigenvalue weighted by atomic mass is 10.0. The summed E-state index contributed by atoms with van der Waals surface area (Å²) in [6.07, 6.45) is -1.81. The molecule has 0 unspecified atom stereocenters. The molecule has 3 heterocycles. The van der Waals surface area contributed by atoms with E-state index in [1.165, 1.54) is 4.90 Å². The third kappa shape index (κ3) is 4.46. The third-order valence-electron chi connectivity index (χ3n) is 5.38. The molecule has 4 aromatic rings. The molecular formula is C23H23F3N6O. The summed E-state index contributed by atoms with van der Waals surface area (Å²) in [4.78, 5) is 18.9. The minimum absolute atomic E-state index is 0.0143. The molecule has 33 heavy (non-hydrogen) atoms. The topological polar surface area (TPSA) is 68.3 Å². The van der Waals surface area contributed by atoms with Crippen molar-refractivity contribution in [3.05, 3.63) is 71.3 Å². The van der Waals surface area contributed by atoms with Crippen LogP contribution in [0, 0.1) is 0 Å². The molecule has 7 nitrogen and oxygen atoms in total. The van der Waals surface area contributed by atoms with E-state index in [1.54, 1.807) is 43.2 Å². The van der Waals surface area contributed by atoms with E-state index in [9.17, 15) is 18.0 Å². The van der Waals surface area contributed by atoms with E-state index in [1.807, 2.05) is 26.0 Å². The van der Waals surface area contributed by atoms with Crippen LogP contribution in [0.3, 0.4) is 0 Å². The molecule has 1 aromatic carbocycles. The number of hydrogen-bond donors (Lipinski definition) is 0. The summed E-state index contributed by atoms with van der Waals surface area (Å²) in [6.45, 7) is 4.26. The Balaban J connectivity index is 1.78. The van der Waals surface area contributed by atoms with Crippen LogP contribution in [0.15, 0.2) is 48.8 Å². The van der Waals surface area contributed by atoms with Crippen molar-refractivity contribution in [3.63, 3.8) is 0 Å². The molecule has 0 N–H and O–H groups in total. The molecule has 0 fully saturated rings. The van der Waals surface area contributed by atoms with Gasteiger partial charge in [0, 0.05) is 25.9 Å². The van der Waals surface area contributed by atoms with Crippen LogP contribution >= 0.6 is 0 Å². The highest BCUT2D eigenvalue weighted by atomic mass is 19.4. The maximum Gasteiger partial charge on any atom is 0.433 e. The largest absolute Gasteiger partial charge is 0.433 e. The highest BCUT2D eigenvalue weighted by molar-refractivity contribution is 5.99. The first-order chi connectivity index (χ1) is 15.5. The highest BCUT2D eigenvalue weighted by Gasteiger charge is 2.36. The first-order valence-corrected chi connectivity index (χ1v) is 10.3. The Labute approximate surface area is 188 Å². The van der Waals surface area contributed by atoms with Crippen molar-refractivity contribution in [1.29, 1.82) is 0 Å². The summed E-state index contributed by atoms with van der Waals surface area (Å²) in [6, 6.07) is 9.91. The van der Waals surface area contributed by atoms with Gasteiger partial charge in [-0.15, -0.1) is 0 Å². The Morgan fingerprint density at radius 3 is 2.42 bits per heavy atom. The number of aromatic nitrogens is 5. The molecule has 0 aliphatic rings. The van der Waals surface area contributed by atoms with Crippen LogP contribution in [0.4, 0.5) is 13.2 Å². The average Bonchev–Trinajstić information content (AvgIpc) is 3.37. The van der Waals surface area contributed by atoms with Gasteiger partial charge in [0.05, 0.1) is 24.1 Å². The van der Waals surface area contributed by atoms with Gasteiger partial charge in [-0.3, -0.25) is 9.48 Å². The number of amides is 1. The minimum atomic E-state index is -4.68. The summed E-state index contributed by atoms with van der Waals surface area (Å²) in [5, 5.41) is 8.07. The first-order valence-electron chi connectivity index (χ1n) is 10.3. The van der Waals surface area contributed by atoms with Crippen molar-refractivity contribution in [2.24, 2.45) is 7.05 Å². The molecular weight excluding hydrogens is 433 g/mol. The molecule has 0 aliphatic carbocycles. The molecule has 172 valence electrons. The third-order valence-corrected chi connectivity index (χ3v) is 5.38. The standard InChI is InChI=1S/C23H23F3N6O/c1-14(2)15-5-7-16(8-6-15)19-11-20(23(24,25)26)32-21(28-19)18(12-27-32)22(33)30(3)13-17-9-10-31(4)29-17/h5-12,14H,13H2,1-4H3. The van der Waals surface area contributed by atoms with Crippen LogP contribution in [-0.4, -0.2) is 42.2 Å². The van der Waals surface area contributed by atoms with Gasteiger partial charge in [-0.1, -0.05) is 38.1 Å². The van der Waals surface area contributed by atoms with Crippen molar-refractivity contribution in [1.82, 2.24) is 29.3 Å². The summed E-state index contributed by atoms with van der Waals surface area (Å²) in [7, 11) is 3.31. The van der Waals surface area contributed by atoms with Crippen LogP contribution in [-0.2, 0) is 19.8 Å². The fraction of sp³-hybridized carbons (Fsp3) is 0.304. The molecule has 0 radical (unpaired) electrons. The van der Waals surface area contributed by atoms with Gasteiger partial charge in [0.25, 0.3) is 5.91 Å². The van der Waals surface area contributed by atoms with Gasteiger partial charge in [-0.2, -0.15) is 23.4 Å². The second-order valence-corrected chi connectivity index (χ2v) is 8.24. The maximum absolute atomic E-state index is 13.8. The SMILES string of the molecule is CC(C)c1ccc(-c2cc(C(F)(F)F)n3ncc(C(=O)N(C)Cc4ccn(C)n4)c3n2)cc1. The van der Waals surface area contributed by atoms with E-state index >= 15 is 0 Å². The van der Waals surface area contributed by atoms with E-state index in [0.717, 1.165) is 17.8 Å². The quantitative estimate of drug-likeness (QED) is 0.442. The number of alkyl halides is 3. The molecule has 0 aliphatic heterocycles. The van der Waals surface area contributed by atoms with Crippen molar-refractivity contribution < 1.29 is 18.0 Å². The van der Waals surface area contributed by atoms with Gasteiger partial charge in [0.2, 0.25) is 0 Å². The zero-order chi connectivity index (χ0) is 23.9. The number of nitrogens with zero attached hydrogens (tertiary/aromatic N) is 6. The van der Waals surface area contributed by atoms with Gasteiger partial charge in [0.15, 0.2) is 11.3 Å². The Bertz CT molecular complexity index is 1300. The normalized spacial score (nSPS) is 12.0. The van der Waals surface area contributed by atoms with E-state index < -0.39 is 17.8 Å². The second kappa shape index (κ2) is 8.34. The van der Waals surface area contributed by atoms with Crippen LogP contribution in [0.1, 0.15) is 47.1 Å². The van der Waals surface area contributed by atoms with Gasteiger partial charge in [-0.25, -0.2) is 9.50 Å². The first kappa shape index (κ1) is 22.5. The molecule has 0 atom stereocenters. The number of fused-ring (bicyclic) bond motifs is 1. The predicted molar refractivity (Wildman–Crippen MR) is 117 cm³/mol. The van der Waals surface area contributed by atoms with Gasteiger partial charge in [-0.05, 0) is 23.6 Å². The molecule has 1 amide bonds. The number of halogens is 3.